The standard InChI is InChI=1S/C33H39NO11/c1-4-42-30(39)45-33(27(37)19-43-28(38)15-20-6-5-7-21(14-20)18-44-34(40)41)13-11-25-24-9-8-22-16-23(35)10-12-31(22,2)29(24)26(36)17-32(25,33)3/h5-7,10,12,14,16,24-26,29,36H,4,8-9,11,13,15,17-19H2,1-3H3/t24-,25-,26-,29+,31-,32-,33-/m0/s1. The van der Waals surface area contributed by atoms with E-state index in [1.807, 2.05) is 13.0 Å². The van der Waals surface area contributed by atoms with Crippen LogP contribution in [-0.4, -0.2) is 58.8 Å². The highest BCUT2D eigenvalue weighted by molar-refractivity contribution is 6.01. The van der Waals surface area contributed by atoms with Crippen molar-refractivity contribution in [3.8, 4) is 0 Å². The number of ketones is 2. The number of hydrogen-bond acceptors (Lipinski definition) is 11. The fraction of sp³-hybridized carbons (Fsp3) is 0.576. The molecule has 0 bridgehead atoms. The molecule has 4 aliphatic carbocycles. The predicted molar refractivity (Wildman–Crippen MR) is 157 cm³/mol. The number of esters is 1. The van der Waals surface area contributed by atoms with Crippen molar-refractivity contribution in [2.75, 3.05) is 13.2 Å². The van der Waals surface area contributed by atoms with Gasteiger partial charge in [0.1, 0.15) is 6.61 Å². The van der Waals surface area contributed by atoms with E-state index in [1.165, 1.54) is 0 Å². The predicted octanol–water partition coefficient (Wildman–Crippen LogP) is 4.24. The first-order chi connectivity index (χ1) is 21.3. The van der Waals surface area contributed by atoms with Crippen molar-refractivity contribution in [2.45, 2.75) is 77.6 Å². The van der Waals surface area contributed by atoms with Crippen LogP contribution in [0.4, 0.5) is 4.79 Å². The molecule has 0 saturated heterocycles. The van der Waals surface area contributed by atoms with Gasteiger partial charge in [-0.05, 0) is 74.1 Å². The van der Waals surface area contributed by atoms with Crippen LogP contribution in [0, 0.1) is 38.7 Å². The summed E-state index contributed by atoms with van der Waals surface area (Å²) in [7, 11) is 0. The number of fused-ring (bicyclic) bond motifs is 5. The third-order valence-electron chi connectivity index (χ3n) is 10.6. The summed E-state index contributed by atoms with van der Waals surface area (Å²) in [5.74, 6) is -1.63. The fourth-order valence-electron chi connectivity index (χ4n) is 8.72. The minimum absolute atomic E-state index is 0.00617. The van der Waals surface area contributed by atoms with Crippen LogP contribution < -0.4 is 0 Å². The zero-order valence-electron chi connectivity index (χ0n) is 25.7. The van der Waals surface area contributed by atoms with Crippen molar-refractivity contribution < 1.29 is 48.4 Å². The van der Waals surface area contributed by atoms with E-state index in [1.54, 1.807) is 43.3 Å². The van der Waals surface area contributed by atoms with Gasteiger partial charge in [0.2, 0.25) is 5.78 Å². The summed E-state index contributed by atoms with van der Waals surface area (Å²) in [4.78, 5) is 66.7. The van der Waals surface area contributed by atoms with Gasteiger partial charge in [-0.15, -0.1) is 10.1 Å². The van der Waals surface area contributed by atoms with Crippen molar-refractivity contribution in [1.82, 2.24) is 0 Å². The SMILES string of the molecule is CCOC(=O)O[C@]1(C(=O)COC(=O)Cc2cccc(CO[N+](=O)[O-])c2)CC[C@H]2[C@@H]3CCC4=CC(=O)C=C[C@]4(C)[C@H]3[C@@H](O)C[C@@]21C. The Hall–Kier alpha value is -4.06. The molecule has 0 amide bonds. The van der Waals surface area contributed by atoms with E-state index in [9.17, 15) is 34.4 Å². The molecule has 3 fully saturated rings. The maximum atomic E-state index is 14.1. The van der Waals surface area contributed by atoms with Crippen molar-refractivity contribution in [2.24, 2.45) is 28.6 Å². The van der Waals surface area contributed by atoms with Crippen LogP contribution >= 0.6 is 0 Å². The van der Waals surface area contributed by atoms with Gasteiger partial charge in [0.05, 0.1) is 19.1 Å². The third-order valence-corrected chi connectivity index (χ3v) is 10.6. The van der Waals surface area contributed by atoms with Gasteiger partial charge in [0, 0.05) is 16.7 Å². The molecule has 4 aliphatic rings. The number of benzene rings is 1. The molecule has 7 atom stereocenters. The average Bonchev–Trinajstić information content (AvgIpc) is 3.27. The lowest BCUT2D eigenvalue weighted by molar-refractivity contribution is -0.763. The average molecular weight is 626 g/mol. The van der Waals surface area contributed by atoms with Gasteiger partial charge in [-0.1, -0.05) is 49.8 Å². The van der Waals surface area contributed by atoms with Crippen molar-refractivity contribution >= 4 is 23.7 Å². The number of aliphatic hydroxyl groups is 1. The Morgan fingerprint density at radius 1 is 1.13 bits per heavy atom. The second kappa shape index (κ2) is 12.4. The number of rotatable bonds is 10. The third kappa shape index (κ3) is 5.87. The summed E-state index contributed by atoms with van der Waals surface area (Å²) in [6.07, 6.45) is 5.40. The second-order valence-electron chi connectivity index (χ2n) is 12.9. The highest BCUT2D eigenvalue weighted by atomic mass is 16.9. The van der Waals surface area contributed by atoms with E-state index in [2.05, 4.69) is 11.8 Å². The number of ether oxygens (including phenoxy) is 3. The monoisotopic (exact) mass is 625 g/mol. The number of nitrogens with zero attached hydrogens (tertiary/aromatic N) is 1. The largest absolute Gasteiger partial charge is 0.509 e. The smallest absolute Gasteiger partial charge is 0.457 e. The number of carbonyl (C=O) groups is 4. The summed E-state index contributed by atoms with van der Waals surface area (Å²) in [5.41, 5.74) is -1.15. The van der Waals surface area contributed by atoms with Crippen LogP contribution in [0.2, 0.25) is 0 Å². The molecule has 0 unspecified atom stereocenters. The molecule has 45 heavy (non-hydrogen) atoms. The number of Topliss-reactive ketones (excluding diaryl/α,β-unsaturated/α-hetero) is 1. The Labute approximate surface area is 260 Å². The maximum Gasteiger partial charge on any atom is 0.509 e. The van der Waals surface area contributed by atoms with Crippen LogP contribution in [0.25, 0.3) is 0 Å². The van der Waals surface area contributed by atoms with Crippen molar-refractivity contribution in [1.29, 1.82) is 0 Å². The molecular weight excluding hydrogens is 586 g/mol. The molecule has 0 aromatic heterocycles. The molecule has 0 heterocycles. The van der Waals surface area contributed by atoms with Gasteiger partial charge in [0.25, 0.3) is 5.09 Å². The number of allylic oxidation sites excluding steroid dienone is 4. The molecule has 242 valence electrons. The summed E-state index contributed by atoms with van der Waals surface area (Å²) in [6.45, 7) is 4.66. The van der Waals surface area contributed by atoms with Gasteiger partial charge >= 0.3 is 12.1 Å². The lowest BCUT2D eigenvalue weighted by atomic mass is 9.46. The molecule has 5 rings (SSSR count). The molecule has 0 aliphatic heterocycles. The molecule has 0 spiro atoms. The van der Waals surface area contributed by atoms with Gasteiger partial charge in [-0.25, -0.2) is 4.79 Å². The Morgan fingerprint density at radius 3 is 2.62 bits per heavy atom. The molecular formula is C33H39NO11. The summed E-state index contributed by atoms with van der Waals surface area (Å²) in [5, 5.41) is 21.4. The number of hydrogen-bond donors (Lipinski definition) is 1. The molecule has 1 aromatic rings. The summed E-state index contributed by atoms with van der Waals surface area (Å²) < 4.78 is 16.4. The van der Waals surface area contributed by atoms with Crippen molar-refractivity contribution in [3.05, 3.63) is 69.3 Å². The lowest BCUT2D eigenvalue weighted by Gasteiger charge is -2.59. The Morgan fingerprint density at radius 2 is 1.89 bits per heavy atom. The summed E-state index contributed by atoms with van der Waals surface area (Å²) >= 11 is 0. The van der Waals surface area contributed by atoms with E-state index in [0.717, 1.165) is 12.0 Å². The van der Waals surface area contributed by atoms with Gasteiger partial charge in [-0.3, -0.25) is 14.4 Å². The van der Waals surface area contributed by atoms with Crippen LogP contribution in [0.5, 0.6) is 0 Å². The minimum Gasteiger partial charge on any atom is -0.457 e. The summed E-state index contributed by atoms with van der Waals surface area (Å²) in [6, 6.07) is 6.46. The quantitative estimate of drug-likeness (QED) is 0.224. The molecule has 3 saturated carbocycles. The van der Waals surface area contributed by atoms with Crippen LogP contribution in [-0.2, 0) is 46.5 Å². The van der Waals surface area contributed by atoms with E-state index in [0.29, 0.717) is 24.0 Å². The van der Waals surface area contributed by atoms with E-state index in [4.69, 9.17) is 14.2 Å². The lowest BCUT2D eigenvalue weighted by Crippen LogP contribution is -2.63. The highest BCUT2D eigenvalue weighted by Crippen LogP contribution is 2.68. The molecule has 12 heteroatoms. The molecule has 0 radical (unpaired) electrons. The van der Waals surface area contributed by atoms with E-state index in [-0.39, 0.29) is 56.0 Å². The first-order valence-electron chi connectivity index (χ1n) is 15.3. The maximum absolute atomic E-state index is 14.1. The normalized spacial score (nSPS) is 33.2. The van der Waals surface area contributed by atoms with Crippen LogP contribution in [0.1, 0.15) is 64.0 Å². The molecule has 1 aromatic carbocycles. The second-order valence-corrected chi connectivity index (χ2v) is 12.9. The first-order valence-corrected chi connectivity index (χ1v) is 15.3. The minimum atomic E-state index is -1.69. The van der Waals surface area contributed by atoms with Crippen LogP contribution in [0.15, 0.2) is 48.1 Å². The Bertz CT molecular complexity index is 1450. The Balaban J connectivity index is 1.36. The van der Waals surface area contributed by atoms with Crippen LogP contribution in [0.3, 0.4) is 0 Å². The number of aliphatic hydroxyl groups excluding tert-OH is 1. The topological polar surface area (TPSA) is 169 Å². The van der Waals surface area contributed by atoms with Gasteiger partial charge in [-0.2, -0.15) is 0 Å². The zero-order chi connectivity index (χ0) is 32.6. The molecule has 12 nitrogen and oxygen atoms in total. The Kier molecular flexibility index (Phi) is 8.90. The van der Waals surface area contributed by atoms with Crippen molar-refractivity contribution in [3.63, 3.8) is 0 Å². The number of carbonyl (C=O) groups excluding carboxylic acids is 4. The van der Waals surface area contributed by atoms with E-state index < -0.39 is 52.1 Å². The molecule has 1 N–H and O–H groups in total. The highest BCUT2D eigenvalue weighted by Gasteiger charge is 2.70. The zero-order valence-corrected chi connectivity index (χ0v) is 25.7. The van der Waals surface area contributed by atoms with Gasteiger partial charge in [0.15, 0.2) is 18.0 Å². The van der Waals surface area contributed by atoms with E-state index >= 15 is 0 Å². The fourth-order valence-corrected chi connectivity index (χ4v) is 8.72. The first kappa shape index (κ1) is 32.3. The van der Waals surface area contributed by atoms with Gasteiger partial charge < -0.3 is 24.2 Å².